The van der Waals surface area contributed by atoms with Crippen LogP contribution in [0.4, 0.5) is 0 Å². The van der Waals surface area contributed by atoms with Crippen molar-refractivity contribution in [2.45, 2.75) is 159 Å². The van der Waals surface area contributed by atoms with E-state index in [-0.39, 0.29) is 58.4 Å². The van der Waals surface area contributed by atoms with Crippen molar-refractivity contribution in [1.82, 2.24) is 19.6 Å². The molecule has 0 saturated heterocycles. The highest BCUT2D eigenvalue weighted by atomic mass is 16.2. The number of carbonyl (C=O) groups is 4. The molecule has 0 bridgehead atoms. The molecular weight excluding hydrogens is 1060 g/mol. The molecule has 0 radical (unpaired) electrons. The van der Waals surface area contributed by atoms with Gasteiger partial charge in [0.25, 0.3) is 23.6 Å². The Balaban J connectivity index is 0.965. The number of benzene rings is 7. The van der Waals surface area contributed by atoms with E-state index in [4.69, 9.17) is 0 Å². The van der Waals surface area contributed by atoms with Crippen LogP contribution >= 0.6 is 0 Å². The summed E-state index contributed by atoms with van der Waals surface area (Å²) in [4.78, 5) is 69.5. The molecule has 0 aliphatic carbocycles. The summed E-state index contributed by atoms with van der Waals surface area (Å²) in [6, 6.07) is 53.9. The van der Waals surface area contributed by atoms with Crippen molar-refractivity contribution < 1.29 is 19.2 Å². The maximum atomic E-state index is 15.6. The molecule has 0 N–H and O–H groups in total. The molecule has 438 valence electrons. The zero-order chi connectivity index (χ0) is 61.7. The fourth-order valence-electron chi connectivity index (χ4n) is 12.2. The lowest BCUT2D eigenvalue weighted by molar-refractivity contribution is -0.124. The molecule has 4 aliphatic rings. The van der Waals surface area contributed by atoms with Gasteiger partial charge in [-0.15, -0.1) is 0 Å². The second-order valence-corrected chi connectivity index (χ2v) is 28.6. The minimum atomic E-state index is -0.235. The Bertz CT molecular complexity index is 3720. The van der Waals surface area contributed by atoms with Crippen molar-refractivity contribution >= 4 is 46.4 Å². The number of carbonyl (C=O) groups excluding carboxylic acids is 4. The Hall–Kier alpha value is -8.62. The number of hydrogen-bond acceptors (Lipinski definition) is 4. The van der Waals surface area contributed by atoms with Crippen LogP contribution in [0.3, 0.4) is 0 Å². The third kappa shape index (κ3) is 11.2. The molecule has 7 aromatic rings. The van der Waals surface area contributed by atoms with Gasteiger partial charge >= 0.3 is 0 Å². The van der Waals surface area contributed by atoms with Gasteiger partial charge in [-0.1, -0.05) is 263 Å². The molecule has 0 spiro atoms. The van der Waals surface area contributed by atoms with Gasteiger partial charge in [0.1, 0.15) is 0 Å². The number of aryl methyl sites for hydroxylation is 4. The Morgan fingerprint density at radius 3 is 0.628 bits per heavy atom. The van der Waals surface area contributed by atoms with Crippen molar-refractivity contribution in [2.75, 3.05) is 0 Å². The molecule has 4 heterocycles. The average molecular weight is 1140 g/mol. The Morgan fingerprint density at radius 2 is 0.442 bits per heavy atom. The molecule has 4 amide bonds. The largest absolute Gasteiger partial charge is 0.302 e. The van der Waals surface area contributed by atoms with Crippen LogP contribution < -0.4 is 0 Å². The summed E-state index contributed by atoms with van der Waals surface area (Å²) < 4.78 is 0. The van der Waals surface area contributed by atoms with Gasteiger partial charge < -0.3 is 19.6 Å². The van der Waals surface area contributed by atoms with Crippen molar-refractivity contribution in [1.29, 1.82) is 0 Å². The second kappa shape index (κ2) is 21.7. The first-order chi connectivity index (χ1) is 40.4. The Morgan fingerprint density at radius 1 is 0.256 bits per heavy atom. The van der Waals surface area contributed by atoms with E-state index in [1.165, 1.54) is 22.3 Å². The van der Waals surface area contributed by atoms with E-state index < -0.39 is 0 Å². The first kappa shape index (κ1) is 59.1. The highest BCUT2D eigenvalue weighted by Crippen LogP contribution is 2.50. The smallest absolute Gasteiger partial charge is 0.261 e. The maximum Gasteiger partial charge on any atom is 0.261 e. The second-order valence-electron chi connectivity index (χ2n) is 28.6. The number of fused-ring (bicyclic) bond motifs is 2. The number of nitrogens with zero attached hydrogens (tertiary/aromatic N) is 4. The number of amides is 4. The monoisotopic (exact) mass is 1140 g/mol. The zero-order valence-electron chi connectivity index (χ0n) is 53.3. The van der Waals surface area contributed by atoms with Crippen LogP contribution in [0.2, 0.25) is 0 Å². The van der Waals surface area contributed by atoms with Gasteiger partial charge in [0.15, 0.2) is 0 Å². The van der Waals surface area contributed by atoms with Gasteiger partial charge in [0.2, 0.25) is 0 Å². The molecule has 8 heteroatoms. The summed E-state index contributed by atoms with van der Waals surface area (Å²) >= 11 is 0. The average Bonchev–Trinajstić information content (AvgIpc) is 1.58. The molecule has 0 saturated carbocycles. The SMILES string of the molecule is Cc1ccc(C2=C3C(=O)N(Cc4cc(C(C)(C)C)cc(C(C)(C)C)c4)C(c4ccc(C)cc4)=C3C(=O)N2Cc2ccc(CN3C(=O)C4=C(c5ccc(C)cc5)N(Cc5cc(C(C)(C)C)cc(C(C)(C)C)c5)C(=O)C4=C3c3ccc(C)cc3)cc2)cc1. The number of rotatable bonds is 12. The minimum absolute atomic E-state index is 0.132. The van der Waals surface area contributed by atoms with Gasteiger partial charge in [0, 0.05) is 0 Å². The minimum Gasteiger partial charge on any atom is -0.302 e. The molecule has 0 aromatic heterocycles. The van der Waals surface area contributed by atoms with Crippen LogP contribution in [-0.4, -0.2) is 43.2 Å². The molecule has 0 atom stereocenters. The molecule has 0 fully saturated rings. The molecule has 0 unspecified atom stereocenters. The lowest BCUT2D eigenvalue weighted by Gasteiger charge is -2.29. The van der Waals surface area contributed by atoms with E-state index in [1.807, 2.05) is 159 Å². The van der Waals surface area contributed by atoms with Gasteiger partial charge in [-0.2, -0.15) is 0 Å². The third-order valence-electron chi connectivity index (χ3n) is 17.5. The van der Waals surface area contributed by atoms with E-state index >= 15 is 19.2 Å². The maximum absolute atomic E-state index is 15.6. The van der Waals surface area contributed by atoms with Gasteiger partial charge in [-0.3, -0.25) is 19.2 Å². The van der Waals surface area contributed by atoms with Gasteiger partial charge in [-0.05, 0) is 116 Å². The molecule has 11 rings (SSSR count). The first-order valence-corrected chi connectivity index (χ1v) is 30.4. The summed E-state index contributed by atoms with van der Waals surface area (Å²) in [5, 5.41) is 0. The van der Waals surface area contributed by atoms with E-state index in [0.29, 0.717) is 58.2 Å². The topological polar surface area (TPSA) is 81.2 Å². The van der Waals surface area contributed by atoms with Crippen LogP contribution in [0.15, 0.2) is 180 Å². The summed E-state index contributed by atoms with van der Waals surface area (Å²) in [5.74, 6) is -0.884. The standard InChI is InChI=1S/C78H82N4O4/c1-47-17-29-55(30-18-47)67-63-65(69(57-33-21-49(3)22-34-57)81(73(63)85)45-53-37-59(75(5,6)7)41-60(38-53)76(8,9)10)71(83)79(67)43-51-25-27-52(28-26-51)44-80-68(56-31-19-48(2)20-32-56)64-66(72(80)84)70(58-35-23-50(4)24-36-58)82(74(64)86)46-54-39-61(77(11,12)13)42-62(40-54)78(14,15)16/h17-42H,43-46H2,1-16H3. The molecule has 86 heavy (non-hydrogen) atoms. The molecular formula is C78H82N4O4. The van der Waals surface area contributed by atoms with Gasteiger partial charge in [0.05, 0.1) is 71.3 Å². The fourth-order valence-corrected chi connectivity index (χ4v) is 12.2. The normalized spacial score (nSPS) is 15.9. The predicted molar refractivity (Wildman–Crippen MR) is 349 cm³/mol. The van der Waals surface area contributed by atoms with Crippen LogP contribution in [0.5, 0.6) is 0 Å². The Kier molecular flexibility index (Phi) is 14.9. The lowest BCUT2D eigenvalue weighted by atomic mass is 9.79. The molecule has 7 aromatic carbocycles. The summed E-state index contributed by atoms with van der Waals surface area (Å²) in [6.45, 7) is 35.7. The quantitative estimate of drug-likeness (QED) is 0.122. The van der Waals surface area contributed by atoms with Crippen molar-refractivity contribution in [3.8, 4) is 0 Å². The van der Waals surface area contributed by atoms with E-state index in [0.717, 1.165) is 66.8 Å². The Labute approximate surface area is 510 Å². The summed E-state index contributed by atoms with van der Waals surface area (Å²) in [6.07, 6.45) is 0. The zero-order valence-corrected chi connectivity index (χ0v) is 53.3. The van der Waals surface area contributed by atoms with Crippen LogP contribution in [0, 0.1) is 27.7 Å². The van der Waals surface area contributed by atoms with E-state index in [2.05, 4.69) is 119 Å². The van der Waals surface area contributed by atoms with E-state index in [9.17, 15) is 0 Å². The van der Waals surface area contributed by atoms with Gasteiger partial charge in [-0.25, -0.2) is 0 Å². The van der Waals surface area contributed by atoms with Crippen LogP contribution in [0.1, 0.15) is 172 Å². The summed E-state index contributed by atoms with van der Waals surface area (Å²) in [5.41, 5.74) is 19.4. The van der Waals surface area contributed by atoms with Crippen molar-refractivity contribution in [3.05, 3.63) is 269 Å². The van der Waals surface area contributed by atoms with Crippen LogP contribution in [0.25, 0.3) is 22.8 Å². The molecule has 4 aliphatic heterocycles. The molecule has 8 nitrogen and oxygen atoms in total. The highest BCUT2D eigenvalue weighted by Gasteiger charge is 2.51. The van der Waals surface area contributed by atoms with Crippen LogP contribution in [-0.2, 0) is 67.0 Å². The number of hydrogen-bond donors (Lipinski definition) is 0. The summed E-state index contributed by atoms with van der Waals surface area (Å²) in [7, 11) is 0. The third-order valence-corrected chi connectivity index (χ3v) is 17.5. The lowest BCUT2D eigenvalue weighted by Crippen LogP contribution is -2.30. The fraction of sp³-hybridized carbons (Fsp3) is 0.308. The van der Waals surface area contributed by atoms with Crippen molar-refractivity contribution in [2.24, 2.45) is 0 Å². The predicted octanol–water partition coefficient (Wildman–Crippen LogP) is 16.5. The first-order valence-electron chi connectivity index (χ1n) is 30.4. The highest BCUT2D eigenvalue weighted by molar-refractivity contribution is 6.31. The van der Waals surface area contributed by atoms with Crippen molar-refractivity contribution in [3.63, 3.8) is 0 Å². The van der Waals surface area contributed by atoms with E-state index in [1.54, 1.807) is 9.80 Å².